The van der Waals surface area contributed by atoms with Gasteiger partial charge in [0.25, 0.3) is 0 Å². The average Bonchev–Trinajstić information content (AvgIpc) is 2.08. The molecule has 0 radical (unpaired) electrons. The predicted molar refractivity (Wildman–Crippen MR) is 62.6 cm³/mol. The predicted octanol–water partition coefficient (Wildman–Crippen LogP) is 2.60. The Morgan fingerprint density at radius 1 is 1.29 bits per heavy atom. The van der Waals surface area contributed by atoms with Crippen molar-refractivity contribution in [3.8, 4) is 0 Å². The van der Waals surface area contributed by atoms with Gasteiger partial charge < -0.3 is 10.1 Å². The molecule has 0 aromatic heterocycles. The standard InChI is InChI=1S/C12H25NO/c1-10(2)6-7-14-9-12(5)8-13-11(3)4/h10-11,13H,5-9H2,1-4H3. The number of rotatable bonds is 8. The van der Waals surface area contributed by atoms with Crippen molar-refractivity contribution in [1.29, 1.82) is 0 Å². The van der Waals surface area contributed by atoms with Crippen LogP contribution in [0.2, 0.25) is 0 Å². The Balaban J connectivity index is 3.27. The summed E-state index contributed by atoms with van der Waals surface area (Å²) in [6.45, 7) is 15.0. The molecule has 14 heavy (non-hydrogen) atoms. The fraction of sp³-hybridized carbons (Fsp3) is 0.833. The third kappa shape index (κ3) is 9.75. The van der Waals surface area contributed by atoms with E-state index in [0.29, 0.717) is 12.6 Å². The van der Waals surface area contributed by atoms with E-state index in [1.807, 2.05) is 0 Å². The smallest absolute Gasteiger partial charge is 0.0686 e. The summed E-state index contributed by atoms with van der Waals surface area (Å²) in [7, 11) is 0. The number of nitrogens with one attached hydrogen (secondary N) is 1. The van der Waals surface area contributed by atoms with Gasteiger partial charge >= 0.3 is 0 Å². The van der Waals surface area contributed by atoms with Crippen molar-refractivity contribution in [2.75, 3.05) is 19.8 Å². The van der Waals surface area contributed by atoms with Gasteiger partial charge in [-0.25, -0.2) is 0 Å². The minimum absolute atomic E-state index is 0.516. The quantitative estimate of drug-likeness (QED) is 0.479. The van der Waals surface area contributed by atoms with Gasteiger partial charge in [0.1, 0.15) is 0 Å². The lowest BCUT2D eigenvalue weighted by atomic mass is 10.1. The molecule has 0 aliphatic rings. The molecule has 84 valence electrons. The largest absolute Gasteiger partial charge is 0.377 e. The van der Waals surface area contributed by atoms with Crippen LogP contribution in [0.15, 0.2) is 12.2 Å². The molecule has 0 aliphatic carbocycles. The molecule has 0 aromatic rings. The van der Waals surface area contributed by atoms with E-state index in [0.717, 1.165) is 31.1 Å². The van der Waals surface area contributed by atoms with Crippen LogP contribution in [0.3, 0.4) is 0 Å². The Kier molecular flexibility index (Phi) is 7.81. The molecule has 2 heteroatoms. The molecule has 2 nitrogen and oxygen atoms in total. The van der Waals surface area contributed by atoms with Gasteiger partial charge in [-0.15, -0.1) is 0 Å². The van der Waals surface area contributed by atoms with Gasteiger partial charge in [0.05, 0.1) is 6.61 Å². The van der Waals surface area contributed by atoms with Crippen LogP contribution in [0, 0.1) is 5.92 Å². The van der Waals surface area contributed by atoms with E-state index in [2.05, 4.69) is 39.6 Å². The fourth-order valence-corrected chi connectivity index (χ4v) is 0.935. The molecular weight excluding hydrogens is 174 g/mol. The summed E-state index contributed by atoms with van der Waals surface area (Å²) in [6, 6.07) is 0.516. The topological polar surface area (TPSA) is 21.3 Å². The molecule has 0 unspecified atom stereocenters. The highest BCUT2D eigenvalue weighted by Gasteiger charge is 1.98. The molecular formula is C12H25NO. The molecule has 0 aromatic carbocycles. The zero-order valence-corrected chi connectivity index (χ0v) is 10.1. The second-order valence-corrected chi connectivity index (χ2v) is 4.52. The van der Waals surface area contributed by atoms with Crippen molar-refractivity contribution in [3.05, 3.63) is 12.2 Å². The highest BCUT2D eigenvalue weighted by Crippen LogP contribution is 2.00. The van der Waals surface area contributed by atoms with Gasteiger partial charge in [0, 0.05) is 19.2 Å². The zero-order valence-electron chi connectivity index (χ0n) is 10.1. The highest BCUT2D eigenvalue weighted by atomic mass is 16.5. The summed E-state index contributed by atoms with van der Waals surface area (Å²) >= 11 is 0. The van der Waals surface area contributed by atoms with E-state index in [1.54, 1.807) is 0 Å². The normalized spacial score (nSPS) is 11.3. The van der Waals surface area contributed by atoms with Crippen molar-refractivity contribution in [2.45, 2.75) is 40.2 Å². The lowest BCUT2D eigenvalue weighted by molar-refractivity contribution is 0.142. The minimum atomic E-state index is 0.516. The van der Waals surface area contributed by atoms with Crippen molar-refractivity contribution in [3.63, 3.8) is 0 Å². The summed E-state index contributed by atoms with van der Waals surface area (Å²) in [5.41, 5.74) is 1.13. The van der Waals surface area contributed by atoms with E-state index in [9.17, 15) is 0 Å². The zero-order chi connectivity index (χ0) is 11.0. The molecule has 0 amide bonds. The summed E-state index contributed by atoms with van der Waals surface area (Å²) in [5.74, 6) is 0.719. The monoisotopic (exact) mass is 199 g/mol. The van der Waals surface area contributed by atoms with Gasteiger partial charge in [0.2, 0.25) is 0 Å². The Morgan fingerprint density at radius 3 is 2.43 bits per heavy atom. The second kappa shape index (κ2) is 8.01. The molecule has 0 fully saturated rings. The van der Waals surface area contributed by atoms with Crippen LogP contribution >= 0.6 is 0 Å². The highest BCUT2D eigenvalue weighted by molar-refractivity contribution is 4.97. The first kappa shape index (κ1) is 13.7. The maximum absolute atomic E-state index is 5.50. The summed E-state index contributed by atoms with van der Waals surface area (Å²) in [6.07, 6.45) is 1.13. The van der Waals surface area contributed by atoms with E-state index < -0.39 is 0 Å². The first-order valence-electron chi connectivity index (χ1n) is 5.50. The second-order valence-electron chi connectivity index (χ2n) is 4.52. The first-order valence-corrected chi connectivity index (χ1v) is 5.50. The molecule has 0 bridgehead atoms. The summed E-state index contributed by atoms with van der Waals surface area (Å²) < 4.78 is 5.50. The fourth-order valence-electron chi connectivity index (χ4n) is 0.935. The Morgan fingerprint density at radius 2 is 1.93 bits per heavy atom. The minimum Gasteiger partial charge on any atom is -0.377 e. The third-order valence-electron chi connectivity index (χ3n) is 1.91. The Bertz CT molecular complexity index is 152. The maximum atomic E-state index is 5.50. The molecule has 0 atom stereocenters. The van der Waals surface area contributed by atoms with Gasteiger partial charge in [0.15, 0.2) is 0 Å². The van der Waals surface area contributed by atoms with Gasteiger partial charge in [-0.3, -0.25) is 0 Å². The van der Waals surface area contributed by atoms with Crippen molar-refractivity contribution in [2.24, 2.45) is 5.92 Å². The third-order valence-corrected chi connectivity index (χ3v) is 1.91. The average molecular weight is 199 g/mol. The number of hydrogen-bond acceptors (Lipinski definition) is 2. The van der Waals surface area contributed by atoms with Crippen LogP contribution in [-0.2, 0) is 4.74 Å². The van der Waals surface area contributed by atoms with Gasteiger partial charge in [-0.05, 0) is 17.9 Å². The molecule has 0 rings (SSSR count). The molecule has 1 N–H and O–H groups in total. The van der Waals surface area contributed by atoms with E-state index in [1.165, 1.54) is 0 Å². The van der Waals surface area contributed by atoms with Crippen molar-refractivity contribution >= 4 is 0 Å². The molecule has 0 heterocycles. The van der Waals surface area contributed by atoms with Crippen LogP contribution in [0.5, 0.6) is 0 Å². The Labute approximate surface area is 88.7 Å². The summed E-state index contributed by atoms with van der Waals surface area (Å²) in [4.78, 5) is 0. The molecule has 0 saturated heterocycles. The van der Waals surface area contributed by atoms with Crippen LogP contribution in [0.4, 0.5) is 0 Å². The Hall–Kier alpha value is -0.340. The van der Waals surface area contributed by atoms with E-state index in [-0.39, 0.29) is 0 Å². The molecule has 0 spiro atoms. The van der Waals surface area contributed by atoms with Crippen LogP contribution < -0.4 is 5.32 Å². The van der Waals surface area contributed by atoms with E-state index in [4.69, 9.17) is 4.74 Å². The van der Waals surface area contributed by atoms with E-state index >= 15 is 0 Å². The van der Waals surface area contributed by atoms with Gasteiger partial charge in [-0.1, -0.05) is 34.3 Å². The lowest BCUT2D eigenvalue weighted by Gasteiger charge is -2.11. The number of hydrogen-bond donors (Lipinski definition) is 1. The van der Waals surface area contributed by atoms with Crippen molar-refractivity contribution in [1.82, 2.24) is 5.32 Å². The molecule has 0 aliphatic heterocycles. The van der Waals surface area contributed by atoms with Crippen LogP contribution in [-0.4, -0.2) is 25.8 Å². The van der Waals surface area contributed by atoms with Crippen LogP contribution in [0.1, 0.15) is 34.1 Å². The van der Waals surface area contributed by atoms with Gasteiger partial charge in [-0.2, -0.15) is 0 Å². The SMILES string of the molecule is C=C(CNC(C)C)COCCC(C)C. The lowest BCUT2D eigenvalue weighted by Crippen LogP contribution is -2.26. The maximum Gasteiger partial charge on any atom is 0.0686 e. The first-order chi connectivity index (χ1) is 6.52. The molecule has 0 saturated carbocycles. The summed E-state index contributed by atoms with van der Waals surface area (Å²) in [5, 5.41) is 3.32. The van der Waals surface area contributed by atoms with Crippen molar-refractivity contribution < 1.29 is 4.74 Å². The van der Waals surface area contributed by atoms with Crippen LogP contribution in [0.25, 0.3) is 0 Å². The number of ether oxygens (including phenoxy) is 1.